The molecular formula is C12H13NO. The van der Waals surface area contributed by atoms with Crippen LogP contribution in [-0.4, -0.2) is 12.8 Å². The molecule has 1 aliphatic rings. The molecular weight excluding hydrogens is 174 g/mol. The molecule has 72 valence electrons. The third-order valence-corrected chi connectivity index (χ3v) is 2.09. The van der Waals surface area contributed by atoms with Crippen molar-refractivity contribution in [2.45, 2.75) is 13.3 Å². The van der Waals surface area contributed by atoms with Gasteiger partial charge in [0.2, 0.25) is 0 Å². The zero-order chi connectivity index (χ0) is 9.80. The van der Waals surface area contributed by atoms with Crippen LogP contribution in [0.5, 0.6) is 5.75 Å². The monoisotopic (exact) mass is 187 g/mol. The molecule has 0 fully saturated rings. The highest BCUT2D eigenvalue weighted by atomic mass is 16.5. The Labute approximate surface area is 83.9 Å². The predicted molar refractivity (Wildman–Crippen MR) is 57.9 cm³/mol. The van der Waals surface area contributed by atoms with E-state index in [0.717, 1.165) is 17.9 Å². The molecule has 1 heterocycles. The van der Waals surface area contributed by atoms with E-state index in [1.165, 1.54) is 5.56 Å². The zero-order valence-electron chi connectivity index (χ0n) is 8.23. The maximum absolute atomic E-state index is 5.59. The van der Waals surface area contributed by atoms with Crippen molar-refractivity contribution in [2.24, 2.45) is 4.99 Å². The second-order valence-electron chi connectivity index (χ2n) is 3.35. The van der Waals surface area contributed by atoms with Crippen LogP contribution >= 0.6 is 0 Å². The molecule has 0 unspecified atom stereocenters. The molecule has 1 aromatic rings. The van der Waals surface area contributed by atoms with Crippen LogP contribution < -0.4 is 4.74 Å². The van der Waals surface area contributed by atoms with Crippen LogP contribution in [0.4, 0.5) is 0 Å². The number of rotatable bonds is 3. The molecule has 0 saturated heterocycles. The van der Waals surface area contributed by atoms with Gasteiger partial charge in [-0.25, -0.2) is 0 Å². The Balaban J connectivity index is 1.94. The van der Waals surface area contributed by atoms with Crippen LogP contribution in [0, 0.1) is 6.92 Å². The SMILES string of the molecule is Cc1cccc(OCC2=CCC=N2)c1. The minimum absolute atomic E-state index is 0.569. The Morgan fingerprint density at radius 3 is 3.07 bits per heavy atom. The summed E-state index contributed by atoms with van der Waals surface area (Å²) in [5.74, 6) is 0.910. The molecule has 2 nitrogen and oxygen atoms in total. The Bertz CT molecular complexity index is 380. The van der Waals surface area contributed by atoms with Crippen LogP contribution in [0.15, 0.2) is 41.0 Å². The van der Waals surface area contributed by atoms with Gasteiger partial charge in [-0.1, -0.05) is 18.2 Å². The van der Waals surface area contributed by atoms with Gasteiger partial charge in [0.15, 0.2) is 0 Å². The fourth-order valence-corrected chi connectivity index (χ4v) is 1.37. The third kappa shape index (κ3) is 2.22. The summed E-state index contributed by atoms with van der Waals surface area (Å²) >= 11 is 0. The fourth-order valence-electron chi connectivity index (χ4n) is 1.37. The van der Waals surface area contributed by atoms with Crippen LogP contribution in [0.3, 0.4) is 0 Å². The molecule has 0 N–H and O–H groups in total. The minimum Gasteiger partial charge on any atom is -0.487 e. The third-order valence-electron chi connectivity index (χ3n) is 2.09. The van der Waals surface area contributed by atoms with E-state index in [4.69, 9.17) is 4.74 Å². The van der Waals surface area contributed by atoms with Gasteiger partial charge >= 0.3 is 0 Å². The molecule has 0 radical (unpaired) electrons. The Morgan fingerprint density at radius 1 is 1.43 bits per heavy atom. The van der Waals surface area contributed by atoms with Crippen LogP contribution in [0.2, 0.25) is 0 Å². The van der Waals surface area contributed by atoms with Crippen LogP contribution in [0.25, 0.3) is 0 Å². The number of nitrogens with zero attached hydrogens (tertiary/aromatic N) is 1. The molecule has 0 amide bonds. The standard InChI is InChI=1S/C12H13NO/c1-10-4-2-6-12(8-10)14-9-11-5-3-7-13-11/h2,4-8H,3,9H2,1H3. The normalized spacial score (nSPS) is 14.2. The second-order valence-corrected chi connectivity index (χ2v) is 3.35. The summed E-state index contributed by atoms with van der Waals surface area (Å²) in [6.07, 6.45) is 4.91. The quantitative estimate of drug-likeness (QED) is 0.713. The van der Waals surface area contributed by atoms with Crippen LogP contribution in [-0.2, 0) is 0 Å². The lowest BCUT2D eigenvalue weighted by Crippen LogP contribution is -1.98. The minimum atomic E-state index is 0.569. The second kappa shape index (κ2) is 4.09. The molecule has 1 aliphatic heterocycles. The van der Waals surface area contributed by atoms with Gasteiger partial charge in [0, 0.05) is 12.6 Å². The average Bonchev–Trinajstić information content (AvgIpc) is 2.67. The van der Waals surface area contributed by atoms with Crippen molar-refractivity contribution in [2.75, 3.05) is 6.61 Å². The lowest BCUT2D eigenvalue weighted by Gasteiger charge is -2.05. The van der Waals surface area contributed by atoms with Crippen LogP contribution in [0.1, 0.15) is 12.0 Å². The molecule has 0 spiro atoms. The van der Waals surface area contributed by atoms with E-state index in [0.29, 0.717) is 6.61 Å². The molecule has 0 atom stereocenters. The van der Waals surface area contributed by atoms with Crippen molar-refractivity contribution in [3.05, 3.63) is 41.6 Å². The number of aryl methyl sites for hydroxylation is 1. The van der Waals surface area contributed by atoms with E-state index in [2.05, 4.69) is 24.1 Å². The van der Waals surface area contributed by atoms with Gasteiger partial charge in [-0.3, -0.25) is 4.99 Å². The summed E-state index contributed by atoms with van der Waals surface area (Å²) in [5, 5.41) is 0. The lowest BCUT2D eigenvalue weighted by atomic mass is 10.2. The first kappa shape index (κ1) is 9.00. The fraction of sp³-hybridized carbons (Fsp3) is 0.250. The summed E-state index contributed by atoms with van der Waals surface area (Å²) in [5.41, 5.74) is 2.23. The van der Waals surface area contributed by atoms with Crippen molar-refractivity contribution in [1.82, 2.24) is 0 Å². The number of ether oxygens (including phenoxy) is 1. The molecule has 1 aromatic carbocycles. The summed E-state index contributed by atoms with van der Waals surface area (Å²) in [7, 11) is 0. The van der Waals surface area contributed by atoms with E-state index in [1.54, 1.807) is 0 Å². The van der Waals surface area contributed by atoms with Gasteiger partial charge in [0.1, 0.15) is 12.4 Å². The molecule has 2 heteroatoms. The van der Waals surface area contributed by atoms with Gasteiger partial charge in [-0.2, -0.15) is 0 Å². The first-order valence-electron chi connectivity index (χ1n) is 4.75. The van der Waals surface area contributed by atoms with E-state index < -0.39 is 0 Å². The smallest absolute Gasteiger partial charge is 0.130 e. The number of benzene rings is 1. The predicted octanol–water partition coefficient (Wildman–Crippen LogP) is 2.73. The molecule has 0 bridgehead atoms. The van der Waals surface area contributed by atoms with E-state index in [1.807, 2.05) is 24.4 Å². The van der Waals surface area contributed by atoms with E-state index in [-0.39, 0.29) is 0 Å². The van der Waals surface area contributed by atoms with Gasteiger partial charge in [0.05, 0.1) is 5.70 Å². The Hall–Kier alpha value is -1.57. The van der Waals surface area contributed by atoms with Gasteiger partial charge in [0.25, 0.3) is 0 Å². The van der Waals surface area contributed by atoms with Crippen molar-refractivity contribution in [3.63, 3.8) is 0 Å². The topological polar surface area (TPSA) is 21.6 Å². The Morgan fingerprint density at radius 2 is 2.36 bits per heavy atom. The average molecular weight is 187 g/mol. The van der Waals surface area contributed by atoms with Crippen molar-refractivity contribution >= 4 is 6.21 Å². The van der Waals surface area contributed by atoms with E-state index >= 15 is 0 Å². The maximum Gasteiger partial charge on any atom is 0.130 e. The summed E-state index contributed by atoms with van der Waals surface area (Å²) < 4.78 is 5.59. The molecule has 0 saturated carbocycles. The highest BCUT2D eigenvalue weighted by Gasteiger charge is 2.00. The highest BCUT2D eigenvalue weighted by Crippen LogP contribution is 2.14. The number of hydrogen-bond donors (Lipinski definition) is 0. The van der Waals surface area contributed by atoms with Crippen molar-refractivity contribution in [3.8, 4) is 5.75 Å². The molecule has 0 aromatic heterocycles. The summed E-state index contributed by atoms with van der Waals surface area (Å²) in [6.45, 7) is 2.62. The zero-order valence-corrected chi connectivity index (χ0v) is 8.23. The molecule has 2 rings (SSSR count). The lowest BCUT2D eigenvalue weighted by molar-refractivity contribution is 0.351. The first-order chi connectivity index (χ1) is 6.84. The van der Waals surface area contributed by atoms with Crippen molar-refractivity contribution in [1.29, 1.82) is 0 Å². The number of aliphatic imine (C=N–C) groups is 1. The molecule has 14 heavy (non-hydrogen) atoms. The Kier molecular flexibility index (Phi) is 2.63. The summed E-state index contributed by atoms with van der Waals surface area (Å²) in [4.78, 5) is 4.18. The van der Waals surface area contributed by atoms with E-state index in [9.17, 15) is 0 Å². The molecule has 0 aliphatic carbocycles. The first-order valence-corrected chi connectivity index (χ1v) is 4.75. The van der Waals surface area contributed by atoms with Gasteiger partial charge < -0.3 is 4.74 Å². The van der Waals surface area contributed by atoms with Gasteiger partial charge in [-0.05, 0) is 24.6 Å². The summed E-state index contributed by atoms with van der Waals surface area (Å²) in [6, 6.07) is 8.04. The van der Waals surface area contributed by atoms with Gasteiger partial charge in [-0.15, -0.1) is 0 Å². The number of hydrogen-bond acceptors (Lipinski definition) is 2. The number of allylic oxidation sites excluding steroid dienone is 1. The highest BCUT2D eigenvalue weighted by molar-refractivity contribution is 5.64. The largest absolute Gasteiger partial charge is 0.487 e. The maximum atomic E-state index is 5.59. The van der Waals surface area contributed by atoms with Crippen molar-refractivity contribution < 1.29 is 4.74 Å².